The summed E-state index contributed by atoms with van der Waals surface area (Å²) >= 11 is 0. The Kier molecular flexibility index (Phi) is 1.63. The van der Waals surface area contributed by atoms with Crippen molar-refractivity contribution in [1.29, 1.82) is 0 Å². The van der Waals surface area contributed by atoms with Gasteiger partial charge in [-0.15, -0.1) is 5.10 Å². The first kappa shape index (κ1) is 7.75. The van der Waals surface area contributed by atoms with Crippen LogP contribution in [0.15, 0.2) is 24.5 Å². The number of rotatable bonds is 3. The first-order valence-electron chi connectivity index (χ1n) is 4.46. The predicted octanol–water partition coefficient (Wildman–Crippen LogP) is 0.507. The third-order valence-corrected chi connectivity index (χ3v) is 2.06. The van der Waals surface area contributed by atoms with Crippen LogP contribution >= 0.6 is 0 Å². The van der Waals surface area contributed by atoms with Crippen LogP contribution in [0.5, 0.6) is 6.01 Å². The molecule has 3 rings (SSSR count). The van der Waals surface area contributed by atoms with Crippen molar-refractivity contribution in [2.75, 3.05) is 13.2 Å². The fraction of sp³-hybridized carbons (Fsp3) is 0.333. The molecule has 1 atom stereocenters. The van der Waals surface area contributed by atoms with Crippen LogP contribution in [-0.2, 0) is 4.74 Å². The van der Waals surface area contributed by atoms with Crippen LogP contribution in [-0.4, -0.2) is 33.9 Å². The lowest BCUT2D eigenvalue weighted by atomic mass is 10.5. The molecule has 0 amide bonds. The second kappa shape index (κ2) is 2.95. The van der Waals surface area contributed by atoms with E-state index in [0.29, 0.717) is 12.6 Å². The van der Waals surface area contributed by atoms with Gasteiger partial charge in [-0.3, -0.25) is 0 Å². The summed E-state index contributed by atoms with van der Waals surface area (Å²) in [5.41, 5.74) is 0.958. The van der Waals surface area contributed by atoms with Gasteiger partial charge in [0, 0.05) is 6.20 Å². The Balaban J connectivity index is 1.81. The number of ether oxygens (including phenoxy) is 2. The van der Waals surface area contributed by atoms with E-state index in [4.69, 9.17) is 9.47 Å². The van der Waals surface area contributed by atoms with Gasteiger partial charge in [0.25, 0.3) is 0 Å². The van der Waals surface area contributed by atoms with Crippen LogP contribution < -0.4 is 4.74 Å². The molecule has 1 saturated heterocycles. The Labute approximate surface area is 80.3 Å². The number of epoxide rings is 1. The lowest BCUT2D eigenvalue weighted by molar-refractivity contribution is 0.243. The standard InChI is InChI=1S/C9H9N3O2/c1-2-7-4-10-9(11-12(7)3-1)14-6-8-5-13-8/h1-4,8H,5-6H2. The lowest BCUT2D eigenvalue weighted by Crippen LogP contribution is -2.08. The molecule has 0 N–H and O–H groups in total. The van der Waals surface area contributed by atoms with Crippen LogP contribution in [0.1, 0.15) is 0 Å². The van der Waals surface area contributed by atoms with E-state index >= 15 is 0 Å². The summed E-state index contributed by atoms with van der Waals surface area (Å²) in [4.78, 5) is 4.07. The Morgan fingerprint density at radius 3 is 3.43 bits per heavy atom. The first-order valence-corrected chi connectivity index (χ1v) is 4.46. The normalized spacial score (nSPS) is 19.9. The quantitative estimate of drug-likeness (QED) is 0.663. The van der Waals surface area contributed by atoms with Crippen LogP contribution in [0.3, 0.4) is 0 Å². The van der Waals surface area contributed by atoms with E-state index in [1.165, 1.54) is 0 Å². The second-order valence-corrected chi connectivity index (χ2v) is 3.18. The molecule has 0 aromatic carbocycles. The summed E-state index contributed by atoms with van der Waals surface area (Å²) in [7, 11) is 0. The zero-order valence-corrected chi connectivity index (χ0v) is 7.46. The predicted molar refractivity (Wildman–Crippen MR) is 48.2 cm³/mol. The van der Waals surface area contributed by atoms with Gasteiger partial charge in [0.2, 0.25) is 0 Å². The number of aromatic nitrogens is 3. The maximum Gasteiger partial charge on any atom is 0.334 e. The van der Waals surface area contributed by atoms with Crippen molar-refractivity contribution < 1.29 is 9.47 Å². The van der Waals surface area contributed by atoms with Crippen LogP contribution in [0.2, 0.25) is 0 Å². The molecule has 1 aliphatic heterocycles. The summed E-state index contributed by atoms with van der Waals surface area (Å²) in [5.74, 6) is 0. The molecule has 14 heavy (non-hydrogen) atoms. The number of hydrogen-bond acceptors (Lipinski definition) is 4. The van der Waals surface area contributed by atoms with E-state index in [1.54, 1.807) is 10.7 Å². The molecule has 0 bridgehead atoms. The number of nitrogens with zero attached hydrogens (tertiary/aromatic N) is 3. The summed E-state index contributed by atoms with van der Waals surface area (Å²) < 4.78 is 12.1. The molecule has 72 valence electrons. The third-order valence-electron chi connectivity index (χ3n) is 2.06. The fourth-order valence-electron chi connectivity index (χ4n) is 1.22. The van der Waals surface area contributed by atoms with E-state index in [9.17, 15) is 0 Å². The average molecular weight is 191 g/mol. The van der Waals surface area contributed by atoms with Crippen LogP contribution in [0, 0.1) is 0 Å². The molecular weight excluding hydrogens is 182 g/mol. The second-order valence-electron chi connectivity index (χ2n) is 3.18. The molecule has 0 spiro atoms. The van der Waals surface area contributed by atoms with Gasteiger partial charge in [0.15, 0.2) is 0 Å². The Hall–Kier alpha value is -1.62. The van der Waals surface area contributed by atoms with E-state index in [2.05, 4.69) is 10.1 Å². The van der Waals surface area contributed by atoms with Crippen molar-refractivity contribution in [2.24, 2.45) is 0 Å². The largest absolute Gasteiger partial charge is 0.460 e. The summed E-state index contributed by atoms with van der Waals surface area (Å²) in [6.45, 7) is 1.32. The molecule has 1 aliphatic rings. The molecule has 3 heterocycles. The molecule has 5 heteroatoms. The number of fused-ring (bicyclic) bond motifs is 1. The van der Waals surface area contributed by atoms with E-state index in [0.717, 1.165) is 12.1 Å². The zero-order valence-electron chi connectivity index (χ0n) is 7.46. The third kappa shape index (κ3) is 1.42. The average Bonchev–Trinajstić information content (AvgIpc) is 2.92. The zero-order chi connectivity index (χ0) is 9.38. The topological polar surface area (TPSA) is 52.0 Å². The Bertz CT molecular complexity index is 450. The van der Waals surface area contributed by atoms with Gasteiger partial charge in [0.05, 0.1) is 18.3 Å². The molecule has 0 saturated carbocycles. The molecule has 1 unspecified atom stereocenters. The molecule has 2 aromatic rings. The number of hydrogen-bond donors (Lipinski definition) is 0. The Morgan fingerprint density at radius 1 is 1.64 bits per heavy atom. The van der Waals surface area contributed by atoms with Crippen LogP contribution in [0.25, 0.3) is 5.52 Å². The van der Waals surface area contributed by atoms with Crippen molar-refractivity contribution in [3.05, 3.63) is 24.5 Å². The monoisotopic (exact) mass is 191 g/mol. The summed E-state index contributed by atoms with van der Waals surface area (Å²) in [5, 5.41) is 4.16. The van der Waals surface area contributed by atoms with Gasteiger partial charge in [-0.2, -0.15) is 0 Å². The van der Waals surface area contributed by atoms with Crippen molar-refractivity contribution in [3.63, 3.8) is 0 Å². The minimum absolute atomic E-state index is 0.235. The maximum absolute atomic E-state index is 5.34. The maximum atomic E-state index is 5.34. The summed E-state index contributed by atoms with van der Waals surface area (Å²) in [6.07, 6.45) is 3.83. The van der Waals surface area contributed by atoms with Crippen molar-refractivity contribution in [1.82, 2.24) is 14.6 Å². The highest BCUT2D eigenvalue weighted by Gasteiger charge is 2.23. The summed E-state index contributed by atoms with van der Waals surface area (Å²) in [6, 6.07) is 4.25. The van der Waals surface area contributed by atoms with Gasteiger partial charge in [-0.1, -0.05) is 0 Å². The van der Waals surface area contributed by atoms with Crippen molar-refractivity contribution in [2.45, 2.75) is 6.10 Å². The highest BCUT2D eigenvalue weighted by molar-refractivity contribution is 5.43. The Morgan fingerprint density at radius 2 is 2.57 bits per heavy atom. The smallest absolute Gasteiger partial charge is 0.334 e. The first-order chi connectivity index (χ1) is 6.92. The van der Waals surface area contributed by atoms with E-state index in [-0.39, 0.29) is 6.10 Å². The fourth-order valence-corrected chi connectivity index (χ4v) is 1.22. The highest BCUT2D eigenvalue weighted by Crippen LogP contribution is 2.11. The van der Waals surface area contributed by atoms with Crippen molar-refractivity contribution in [3.8, 4) is 6.01 Å². The van der Waals surface area contributed by atoms with Crippen LogP contribution in [0.4, 0.5) is 0 Å². The molecule has 1 fully saturated rings. The van der Waals surface area contributed by atoms with E-state index < -0.39 is 0 Å². The van der Waals surface area contributed by atoms with Crippen molar-refractivity contribution >= 4 is 5.52 Å². The molecular formula is C9H9N3O2. The van der Waals surface area contributed by atoms with Gasteiger partial charge in [-0.05, 0) is 12.1 Å². The molecule has 5 nitrogen and oxygen atoms in total. The molecule has 2 aromatic heterocycles. The SMILES string of the molecule is c1cc2cnc(OCC3CO3)nn2c1. The van der Waals surface area contributed by atoms with Gasteiger partial charge < -0.3 is 9.47 Å². The van der Waals surface area contributed by atoms with Gasteiger partial charge >= 0.3 is 6.01 Å². The molecule has 0 aliphatic carbocycles. The lowest BCUT2D eigenvalue weighted by Gasteiger charge is -2.01. The van der Waals surface area contributed by atoms with Gasteiger partial charge in [0.1, 0.15) is 12.7 Å². The minimum atomic E-state index is 0.235. The van der Waals surface area contributed by atoms with Gasteiger partial charge in [-0.25, -0.2) is 9.50 Å². The molecule has 0 radical (unpaired) electrons. The minimum Gasteiger partial charge on any atom is -0.460 e. The van der Waals surface area contributed by atoms with E-state index in [1.807, 2.05) is 18.3 Å². The highest BCUT2D eigenvalue weighted by atomic mass is 16.6.